The van der Waals surface area contributed by atoms with Crippen molar-refractivity contribution in [3.05, 3.63) is 53.7 Å². The molecule has 0 aliphatic carbocycles. The molecule has 0 radical (unpaired) electrons. The number of hydrogen-bond acceptors (Lipinski definition) is 3. The van der Waals surface area contributed by atoms with Crippen LogP contribution in [0.1, 0.15) is 10.4 Å². The summed E-state index contributed by atoms with van der Waals surface area (Å²) in [6, 6.07) is 6.26. The minimum Gasteiger partial charge on any atom is -0.478 e. The van der Waals surface area contributed by atoms with Crippen molar-refractivity contribution in [2.75, 3.05) is 0 Å². The molecule has 0 saturated carbocycles. The maximum atomic E-state index is 13.3. The number of carbonyl (C=O) groups is 1. The van der Waals surface area contributed by atoms with Crippen LogP contribution in [0.5, 0.6) is 0 Å². The Balaban J connectivity index is 2.33. The first-order valence-corrected chi connectivity index (χ1v) is 5.71. The molecular weight excluding hydrogens is 260 g/mol. The van der Waals surface area contributed by atoms with E-state index in [1.807, 2.05) is 0 Å². The molecule has 0 unspecified atom stereocenters. The first kappa shape index (κ1) is 12.5. The average Bonchev–Trinajstić information content (AvgIpc) is 2.34. The summed E-state index contributed by atoms with van der Waals surface area (Å²) in [5.74, 6) is -2.70. The van der Waals surface area contributed by atoms with Gasteiger partial charge in [0.1, 0.15) is 10.8 Å². The zero-order chi connectivity index (χ0) is 13.1. The van der Waals surface area contributed by atoms with Crippen molar-refractivity contribution in [3.8, 4) is 0 Å². The predicted molar refractivity (Wildman–Crippen MR) is 61.7 cm³/mol. The van der Waals surface area contributed by atoms with Gasteiger partial charge in [0.2, 0.25) is 0 Å². The van der Waals surface area contributed by atoms with Crippen LogP contribution in [0.3, 0.4) is 0 Å². The molecule has 1 aromatic carbocycles. The number of pyridine rings is 1. The molecule has 0 fully saturated rings. The van der Waals surface area contributed by atoms with Crippen molar-refractivity contribution >= 4 is 17.7 Å². The van der Waals surface area contributed by atoms with Crippen LogP contribution >= 0.6 is 11.8 Å². The lowest BCUT2D eigenvalue weighted by atomic mass is 10.2. The quantitative estimate of drug-likeness (QED) is 0.927. The molecule has 1 heterocycles. The minimum atomic E-state index is -1.36. The zero-order valence-electron chi connectivity index (χ0n) is 8.93. The van der Waals surface area contributed by atoms with Gasteiger partial charge >= 0.3 is 5.97 Å². The first-order valence-electron chi connectivity index (χ1n) is 4.89. The summed E-state index contributed by atoms with van der Waals surface area (Å²) >= 11 is 0.938. The fourth-order valence-corrected chi connectivity index (χ4v) is 2.10. The van der Waals surface area contributed by atoms with Gasteiger partial charge in [-0.05, 0) is 30.3 Å². The zero-order valence-corrected chi connectivity index (χ0v) is 9.75. The monoisotopic (exact) mass is 267 g/mol. The Hall–Kier alpha value is -1.95. The van der Waals surface area contributed by atoms with Gasteiger partial charge < -0.3 is 5.11 Å². The van der Waals surface area contributed by atoms with Crippen LogP contribution in [0.4, 0.5) is 8.78 Å². The second-order valence-electron chi connectivity index (χ2n) is 3.34. The van der Waals surface area contributed by atoms with Gasteiger partial charge in [-0.15, -0.1) is 0 Å². The molecule has 0 saturated heterocycles. The van der Waals surface area contributed by atoms with E-state index < -0.39 is 23.2 Å². The van der Waals surface area contributed by atoms with E-state index in [1.54, 1.807) is 0 Å². The molecule has 0 bridgehead atoms. The summed E-state index contributed by atoms with van der Waals surface area (Å²) in [6.07, 6.45) is 1.42. The van der Waals surface area contributed by atoms with Crippen LogP contribution in [-0.2, 0) is 0 Å². The number of benzene rings is 1. The highest BCUT2D eigenvalue weighted by Gasteiger charge is 2.12. The predicted octanol–water partition coefficient (Wildman–Crippen LogP) is 3.21. The van der Waals surface area contributed by atoms with Crippen molar-refractivity contribution in [1.29, 1.82) is 0 Å². The van der Waals surface area contributed by atoms with Gasteiger partial charge in [0.05, 0.1) is 5.56 Å². The molecule has 0 aliphatic rings. The number of rotatable bonds is 3. The minimum absolute atomic E-state index is 0.112. The van der Waals surface area contributed by atoms with Crippen LogP contribution < -0.4 is 0 Å². The summed E-state index contributed by atoms with van der Waals surface area (Å²) in [5, 5.41) is 8.88. The Morgan fingerprint density at radius 3 is 2.67 bits per heavy atom. The third-order valence-electron chi connectivity index (χ3n) is 2.11. The standard InChI is InChI=1S/C12H7F2NO2S/c13-9-4-3-7(6-8(9)12(16)17)18-11-10(14)2-1-5-15-11/h1-6H,(H,16,17). The van der Waals surface area contributed by atoms with Crippen molar-refractivity contribution < 1.29 is 18.7 Å². The van der Waals surface area contributed by atoms with Crippen LogP contribution in [-0.4, -0.2) is 16.1 Å². The molecular formula is C12H7F2NO2S. The highest BCUT2D eigenvalue weighted by atomic mass is 32.2. The van der Waals surface area contributed by atoms with Crippen molar-refractivity contribution in [1.82, 2.24) is 4.98 Å². The molecule has 3 nitrogen and oxygen atoms in total. The second kappa shape index (κ2) is 5.14. The van der Waals surface area contributed by atoms with E-state index in [2.05, 4.69) is 4.98 Å². The Kier molecular flexibility index (Phi) is 3.57. The molecule has 0 spiro atoms. The number of aromatic nitrogens is 1. The molecule has 0 aliphatic heterocycles. The first-order chi connectivity index (χ1) is 8.58. The number of halogens is 2. The molecule has 0 amide bonds. The molecule has 2 aromatic rings. The number of carboxylic acids is 1. The van der Waals surface area contributed by atoms with Crippen LogP contribution in [0.15, 0.2) is 46.5 Å². The van der Waals surface area contributed by atoms with Gasteiger partial charge in [0.15, 0.2) is 5.82 Å². The molecule has 18 heavy (non-hydrogen) atoms. The van der Waals surface area contributed by atoms with E-state index in [9.17, 15) is 13.6 Å². The number of hydrogen-bond donors (Lipinski definition) is 1. The van der Waals surface area contributed by atoms with E-state index >= 15 is 0 Å². The summed E-state index contributed by atoms with van der Waals surface area (Å²) in [5.41, 5.74) is -0.448. The maximum absolute atomic E-state index is 13.3. The van der Waals surface area contributed by atoms with Crippen LogP contribution in [0.2, 0.25) is 0 Å². The normalized spacial score (nSPS) is 10.3. The summed E-state index contributed by atoms with van der Waals surface area (Å²) < 4.78 is 26.5. The lowest BCUT2D eigenvalue weighted by molar-refractivity contribution is 0.0691. The smallest absolute Gasteiger partial charge is 0.338 e. The number of carboxylic acid groups (broad SMARTS) is 1. The molecule has 2 rings (SSSR count). The summed E-state index contributed by atoms with van der Waals surface area (Å²) in [6.45, 7) is 0. The largest absolute Gasteiger partial charge is 0.478 e. The van der Waals surface area contributed by atoms with Crippen molar-refractivity contribution in [2.45, 2.75) is 9.92 Å². The fraction of sp³-hybridized carbons (Fsp3) is 0. The third kappa shape index (κ3) is 2.65. The Bertz CT molecular complexity index is 604. The average molecular weight is 267 g/mol. The molecule has 6 heteroatoms. The Labute approximate surface area is 105 Å². The maximum Gasteiger partial charge on any atom is 0.338 e. The van der Waals surface area contributed by atoms with Crippen molar-refractivity contribution in [3.63, 3.8) is 0 Å². The van der Waals surface area contributed by atoms with Gasteiger partial charge in [-0.2, -0.15) is 0 Å². The van der Waals surface area contributed by atoms with Crippen LogP contribution in [0, 0.1) is 11.6 Å². The SMILES string of the molecule is O=C(O)c1cc(Sc2ncccc2F)ccc1F. The van der Waals surface area contributed by atoms with Gasteiger partial charge in [-0.3, -0.25) is 0 Å². The topological polar surface area (TPSA) is 50.2 Å². The second-order valence-corrected chi connectivity index (χ2v) is 4.40. The molecule has 0 atom stereocenters. The lowest BCUT2D eigenvalue weighted by Crippen LogP contribution is -2.00. The van der Waals surface area contributed by atoms with Crippen LogP contribution in [0.25, 0.3) is 0 Å². The van der Waals surface area contributed by atoms with E-state index in [-0.39, 0.29) is 5.03 Å². The Morgan fingerprint density at radius 2 is 2.00 bits per heavy atom. The molecule has 1 aromatic heterocycles. The van der Waals surface area contributed by atoms with E-state index in [1.165, 1.54) is 24.4 Å². The van der Waals surface area contributed by atoms with Gasteiger partial charge in [-0.1, -0.05) is 11.8 Å². The van der Waals surface area contributed by atoms with E-state index in [0.717, 1.165) is 23.9 Å². The van der Waals surface area contributed by atoms with Gasteiger partial charge in [-0.25, -0.2) is 18.6 Å². The summed E-state index contributed by atoms with van der Waals surface area (Å²) in [4.78, 5) is 15.0. The highest BCUT2D eigenvalue weighted by molar-refractivity contribution is 7.99. The lowest BCUT2D eigenvalue weighted by Gasteiger charge is -2.03. The molecule has 92 valence electrons. The Morgan fingerprint density at radius 1 is 1.22 bits per heavy atom. The van der Waals surface area contributed by atoms with Gasteiger partial charge in [0, 0.05) is 11.1 Å². The van der Waals surface area contributed by atoms with E-state index in [4.69, 9.17) is 5.11 Å². The molecule has 1 N–H and O–H groups in total. The van der Waals surface area contributed by atoms with Crippen molar-refractivity contribution in [2.24, 2.45) is 0 Å². The van der Waals surface area contributed by atoms with Gasteiger partial charge in [0.25, 0.3) is 0 Å². The fourth-order valence-electron chi connectivity index (χ4n) is 1.29. The highest BCUT2D eigenvalue weighted by Crippen LogP contribution is 2.29. The summed E-state index contributed by atoms with van der Waals surface area (Å²) in [7, 11) is 0. The van der Waals surface area contributed by atoms with E-state index in [0.29, 0.717) is 4.90 Å². The number of nitrogens with zero attached hydrogens (tertiary/aromatic N) is 1. The number of aromatic carboxylic acids is 1. The third-order valence-corrected chi connectivity index (χ3v) is 3.09.